The maximum absolute atomic E-state index is 10.9. The molecule has 0 aliphatic heterocycles. The maximum atomic E-state index is 10.9. The molecule has 196 valence electrons. The van der Waals surface area contributed by atoms with E-state index >= 15 is 0 Å². The lowest BCUT2D eigenvalue weighted by Gasteiger charge is -2.26. The number of aromatic hydroxyl groups is 2. The van der Waals surface area contributed by atoms with Gasteiger partial charge in [0.25, 0.3) is 0 Å². The number of rotatable bonds is 6. The van der Waals surface area contributed by atoms with Crippen LogP contribution in [0.15, 0.2) is 34.3 Å². The van der Waals surface area contributed by atoms with E-state index in [2.05, 4.69) is 41.5 Å². The second kappa shape index (κ2) is 10.9. The van der Waals surface area contributed by atoms with Crippen LogP contribution in [-0.4, -0.2) is 48.9 Å². The van der Waals surface area contributed by atoms with Crippen molar-refractivity contribution in [3.05, 3.63) is 46.5 Å². The third-order valence-corrected chi connectivity index (χ3v) is 6.82. The summed E-state index contributed by atoms with van der Waals surface area (Å²) in [6.07, 6.45) is 7.53. The Labute approximate surface area is 216 Å². The van der Waals surface area contributed by atoms with Gasteiger partial charge in [0.05, 0.1) is 26.3 Å². The number of ether oxygens (including phenoxy) is 2. The maximum Gasteiger partial charge on any atom is 0.128 e. The van der Waals surface area contributed by atoms with Crippen LogP contribution in [0.1, 0.15) is 89.5 Å². The molecule has 3 rings (SSSR count). The Kier molecular flexibility index (Phi) is 8.37. The molecule has 2 atom stereocenters. The number of aliphatic imine (C=N–C) groups is 2. The molecule has 0 aromatic heterocycles. The van der Waals surface area contributed by atoms with E-state index in [1.54, 1.807) is 26.6 Å². The molecular formula is C30H42N2O4. The van der Waals surface area contributed by atoms with Gasteiger partial charge >= 0.3 is 0 Å². The van der Waals surface area contributed by atoms with Crippen molar-refractivity contribution in [1.29, 1.82) is 0 Å². The third-order valence-electron chi connectivity index (χ3n) is 6.82. The Morgan fingerprint density at radius 1 is 0.694 bits per heavy atom. The van der Waals surface area contributed by atoms with Crippen molar-refractivity contribution in [1.82, 2.24) is 0 Å². The summed E-state index contributed by atoms with van der Waals surface area (Å²) in [6.45, 7) is 12.4. The molecule has 36 heavy (non-hydrogen) atoms. The van der Waals surface area contributed by atoms with Crippen LogP contribution in [0.25, 0.3) is 0 Å². The minimum absolute atomic E-state index is 0.00600. The van der Waals surface area contributed by atoms with Gasteiger partial charge in [0, 0.05) is 34.7 Å². The van der Waals surface area contributed by atoms with Crippen LogP contribution in [0.3, 0.4) is 0 Å². The lowest BCUT2D eigenvalue weighted by atomic mass is 9.85. The first-order valence-electron chi connectivity index (χ1n) is 12.7. The van der Waals surface area contributed by atoms with Crippen molar-refractivity contribution in [3.8, 4) is 23.0 Å². The van der Waals surface area contributed by atoms with Gasteiger partial charge in [-0.2, -0.15) is 0 Å². The van der Waals surface area contributed by atoms with Gasteiger partial charge in [0.1, 0.15) is 23.0 Å². The number of nitrogens with zero attached hydrogens (tertiary/aromatic N) is 2. The van der Waals surface area contributed by atoms with E-state index < -0.39 is 0 Å². The summed E-state index contributed by atoms with van der Waals surface area (Å²) in [5.41, 5.74) is 2.47. The molecule has 2 aromatic carbocycles. The van der Waals surface area contributed by atoms with Crippen LogP contribution < -0.4 is 9.47 Å². The van der Waals surface area contributed by atoms with Gasteiger partial charge in [0.2, 0.25) is 0 Å². The van der Waals surface area contributed by atoms with E-state index in [0.29, 0.717) is 22.6 Å². The van der Waals surface area contributed by atoms with Crippen LogP contribution in [0.5, 0.6) is 23.0 Å². The zero-order chi connectivity index (χ0) is 26.7. The molecule has 0 spiro atoms. The Hall–Kier alpha value is -3.02. The van der Waals surface area contributed by atoms with E-state index in [1.165, 1.54) is 0 Å². The van der Waals surface area contributed by atoms with Crippen molar-refractivity contribution >= 4 is 12.4 Å². The predicted molar refractivity (Wildman–Crippen MR) is 148 cm³/mol. The second-order valence-corrected chi connectivity index (χ2v) is 11.7. The molecule has 1 saturated carbocycles. The normalized spacial score (nSPS) is 19.2. The highest BCUT2D eigenvalue weighted by atomic mass is 16.5. The number of phenolic OH excluding ortho intramolecular Hbond substituents is 2. The fourth-order valence-electron chi connectivity index (χ4n) is 4.63. The summed E-state index contributed by atoms with van der Waals surface area (Å²) in [6, 6.07) is 7.39. The average molecular weight is 495 g/mol. The summed E-state index contributed by atoms with van der Waals surface area (Å²) < 4.78 is 11.0. The van der Waals surface area contributed by atoms with Gasteiger partial charge in [-0.3, -0.25) is 9.98 Å². The number of methoxy groups -OCH3 is 2. The molecule has 1 aliphatic rings. The number of benzene rings is 2. The Bertz CT molecular complexity index is 1030. The minimum Gasteiger partial charge on any atom is -0.507 e. The van der Waals surface area contributed by atoms with Crippen LogP contribution >= 0.6 is 0 Å². The van der Waals surface area contributed by atoms with Crippen molar-refractivity contribution in [2.24, 2.45) is 9.98 Å². The fourth-order valence-corrected chi connectivity index (χ4v) is 4.63. The molecule has 1 aliphatic carbocycles. The lowest BCUT2D eigenvalue weighted by molar-refractivity contribution is 0.389. The molecule has 6 heteroatoms. The number of hydrogen-bond acceptors (Lipinski definition) is 6. The lowest BCUT2D eigenvalue weighted by Crippen LogP contribution is -2.27. The summed E-state index contributed by atoms with van der Waals surface area (Å²) in [7, 11) is 3.26. The van der Waals surface area contributed by atoms with Crippen molar-refractivity contribution in [2.45, 2.75) is 90.1 Å². The molecule has 0 saturated heterocycles. The molecular weight excluding hydrogens is 452 g/mol. The van der Waals surface area contributed by atoms with E-state index in [9.17, 15) is 10.2 Å². The van der Waals surface area contributed by atoms with E-state index in [1.807, 2.05) is 24.3 Å². The third kappa shape index (κ3) is 6.40. The smallest absolute Gasteiger partial charge is 0.128 e. The number of phenols is 2. The molecule has 1 fully saturated rings. The van der Waals surface area contributed by atoms with Crippen molar-refractivity contribution < 1.29 is 19.7 Å². The monoisotopic (exact) mass is 494 g/mol. The van der Waals surface area contributed by atoms with Gasteiger partial charge in [-0.25, -0.2) is 0 Å². The highest BCUT2D eigenvalue weighted by molar-refractivity contribution is 5.86. The zero-order valence-corrected chi connectivity index (χ0v) is 23.1. The Balaban J connectivity index is 1.92. The molecule has 2 unspecified atom stereocenters. The summed E-state index contributed by atoms with van der Waals surface area (Å²) in [5, 5.41) is 21.9. The zero-order valence-electron chi connectivity index (χ0n) is 23.1. The van der Waals surface area contributed by atoms with E-state index in [-0.39, 0.29) is 34.4 Å². The fraction of sp³-hybridized carbons (Fsp3) is 0.533. The standard InChI is InChI=1S/C30H42N2O4/c1-29(2,3)23-15-21(35-7)13-19(27(23)33)17-31-25-11-9-10-12-26(25)32-18-20-14-22(36-8)16-24(28(20)34)30(4,5)6/h13-18,25-26,33-34H,9-12H2,1-8H3. The first-order valence-corrected chi connectivity index (χ1v) is 12.7. The number of hydrogen-bond donors (Lipinski definition) is 2. The Morgan fingerprint density at radius 3 is 1.36 bits per heavy atom. The molecule has 0 bridgehead atoms. The Morgan fingerprint density at radius 2 is 1.06 bits per heavy atom. The van der Waals surface area contributed by atoms with Crippen LogP contribution in [0.2, 0.25) is 0 Å². The summed E-state index contributed by atoms with van der Waals surface area (Å²) >= 11 is 0. The topological polar surface area (TPSA) is 83.6 Å². The van der Waals surface area contributed by atoms with E-state index in [0.717, 1.165) is 36.8 Å². The van der Waals surface area contributed by atoms with Crippen LogP contribution in [0.4, 0.5) is 0 Å². The highest BCUT2D eigenvalue weighted by Crippen LogP contribution is 2.37. The first-order chi connectivity index (χ1) is 16.8. The predicted octanol–water partition coefficient (Wildman–Crippen LogP) is 6.56. The van der Waals surface area contributed by atoms with E-state index in [4.69, 9.17) is 19.5 Å². The highest BCUT2D eigenvalue weighted by Gasteiger charge is 2.26. The molecule has 2 N–H and O–H groups in total. The summed E-state index contributed by atoms with van der Waals surface area (Å²) in [5.74, 6) is 1.86. The SMILES string of the molecule is COc1cc(C=NC2CCCCC2N=Cc2cc(OC)cc(C(C)(C)C)c2O)c(O)c(C(C)(C)C)c1. The molecule has 6 nitrogen and oxygen atoms in total. The van der Waals surface area contributed by atoms with Crippen molar-refractivity contribution in [2.75, 3.05) is 14.2 Å². The minimum atomic E-state index is -0.233. The molecule has 0 amide bonds. The molecule has 0 heterocycles. The first kappa shape index (κ1) is 27.6. The van der Waals surface area contributed by atoms with Gasteiger partial charge in [-0.15, -0.1) is 0 Å². The second-order valence-electron chi connectivity index (χ2n) is 11.7. The van der Waals surface area contributed by atoms with Crippen molar-refractivity contribution in [3.63, 3.8) is 0 Å². The van der Waals surface area contributed by atoms with Gasteiger partial charge in [-0.05, 0) is 47.9 Å². The summed E-state index contributed by atoms with van der Waals surface area (Å²) in [4.78, 5) is 9.76. The average Bonchev–Trinajstić information content (AvgIpc) is 2.81. The molecule has 0 radical (unpaired) electrons. The van der Waals surface area contributed by atoms with Gasteiger partial charge in [-0.1, -0.05) is 54.4 Å². The van der Waals surface area contributed by atoms with Gasteiger partial charge in [0.15, 0.2) is 0 Å². The van der Waals surface area contributed by atoms with Crippen LogP contribution in [-0.2, 0) is 10.8 Å². The van der Waals surface area contributed by atoms with Gasteiger partial charge < -0.3 is 19.7 Å². The quantitative estimate of drug-likeness (QED) is 0.446. The van der Waals surface area contributed by atoms with Crippen LogP contribution in [0, 0.1) is 0 Å². The largest absolute Gasteiger partial charge is 0.507 e. The molecule has 2 aromatic rings.